The second-order valence-corrected chi connectivity index (χ2v) is 4.91. The maximum absolute atomic E-state index is 12.2. The summed E-state index contributed by atoms with van der Waals surface area (Å²) in [5.74, 6) is 0.194. The Morgan fingerprint density at radius 1 is 1.38 bits per heavy atom. The van der Waals surface area contributed by atoms with Crippen LogP contribution < -0.4 is 10.2 Å². The first-order valence-electron chi connectivity index (χ1n) is 6.81. The van der Waals surface area contributed by atoms with Crippen molar-refractivity contribution in [2.45, 2.75) is 19.3 Å². The minimum Gasteiger partial charge on any atom is -0.357 e. The van der Waals surface area contributed by atoms with Gasteiger partial charge in [-0.2, -0.15) is 5.10 Å². The van der Waals surface area contributed by atoms with E-state index in [1.807, 2.05) is 6.07 Å². The summed E-state index contributed by atoms with van der Waals surface area (Å²) in [6.45, 7) is 1.19. The van der Waals surface area contributed by atoms with Gasteiger partial charge in [0.2, 0.25) is 0 Å². The molecule has 6 nitrogen and oxygen atoms in total. The number of hydrogen-bond acceptors (Lipinski definition) is 4. The number of hydrogen-bond donors (Lipinski definition) is 1. The number of carbonyl (C=O) groups is 1. The SMILES string of the molecule is O=C(NCC(F)F)c1cnn2ccc(N3CCCC3)nc12. The zero-order chi connectivity index (χ0) is 14.8. The number of fused-ring (bicyclic) bond motifs is 1. The summed E-state index contributed by atoms with van der Waals surface area (Å²) < 4.78 is 25.8. The molecule has 0 spiro atoms. The monoisotopic (exact) mass is 295 g/mol. The van der Waals surface area contributed by atoms with Crippen LogP contribution in [0.15, 0.2) is 18.5 Å². The molecule has 1 aliphatic rings. The molecule has 0 aromatic carbocycles. The van der Waals surface area contributed by atoms with Crippen molar-refractivity contribution in [2.75, 3.05) is 24.5 Å². The Kier molecular flexibility index (Phi) is 3.68. The fourth-order valence-electron chi connectivity index (χ4n) is 2.41. The fraction of sp³-hybridized carbons (Fsp3) is 0.462. The molecule has 0 atom stereocenters. The molecule has 112 valence electrons. The summed E-state index contributed by atoms with van der Waals surface area (Å²) >= 11 is 0. The Hall–Kier alpha value is -2.25. The van der Waals surface area contributed by atoms with E-state index in [-0.39, 0.29) is 5.56 Å². The molecule has 1 N–H and O–H groups in total. The lowest BCUT2D eigenvalue weighted by Gasteiger charge is -2.16. The van der Waals surface area contributed by atoms with Crippen LogP contribution in [0.5, 0.6) is 0 Å². The smallest absolute Gasteiger partial charge is 0.256 e. The predicted octanol–water partition coefficient (Wildman–Crippen LogP) is 1.32. The normalized spacial score (nSPS) is 15.1. The molecule has 1 aliphatic heterocycles. The van der Waals surface area contributed by atoms with Crippen molar-refractivity contribution >= 4 is 17.4 Å². The maximum Gasteiger partial charge on any atom is 0.256 e. The Bertz CT molecular complexity index is 651. The van der Waals surface area contributed by atoms with Crippen molar-refractivity contribution in [2.24, 2.45) is 0 Å². The lowest BCUT2D eigenvalue weighted by atomic mass is 10.3. The van der Waals surface area contributed by atoms with Gasteiger partial charge in [0.25, 0.3) is 12.3 Å². The predicted molar refractivity (Wildman–Crippen MR) is 72.8 cm³/mol. The number of rotatable bonds is 4. The van der Waals surface area contributed by atoms with Crippen LogP contribution in [0.1, 0.15) is 23.2 Å². The van der Waals surface area contributed by atoms with Gasteiger partial charge in [-0.1, -0.05) is 0 Å². The van der Waals surface area contributed by atoms with E-state index in [2.05, 4.69) is 20.3 Å². The topological polar surface area (TPSA) is 62.5 Å². The molecular formula is C13H15F2N5O. The first-order chi connectivity index (χ1) is 10.1. The highest BCUT2D eigenvalue weighted by atomic mass is 19.3. The van der Waals surface area contributed by atoms with Gasteiger partial charge < -0.3 is 10.2 Å². The van der Waals surface area contributed by atoms with Crippen molar-refractivity contribution in [3.63, 3.8) is 0 Å². The molecule has 0 unspecified atom stereocenters. The van der Waals surface area contributed by atoms with Crippen molar-refractivity contribution in [3.05, 3.63) is 24.0 Å². The van der Waals surface area contributed by atoms with Crippen LogP contribution in [0, 0.1) is 0 Å². The zero-order valence-corrected chi connectivity index (χ0v) is 11.3. The van der Waals surface area contributed by atoms with Gasteiger partial charge in [0.05, 0.1) is 12.7 Å². The molecule has 2 aromatic rings. The first kappa shape index (κ1) is 13.7. The Balaban J connectivity index is 1.88. The van der Waals surface area contributed by atoms with E-state index >= 15 is 0 Å². The fourth-order valence-corrected chi connectivity index (χ4v) is 2.41. The first-order valence-corrected chi connectivity index (χ1v) is 6.81. The maximum atomic E-state index is 12.2. The van der Waals surface area contributed by atoms with Crippen LogP contribution in [0.4, 0.5) is 14.6 Å². The summed E-state index contributed by atoms with van der Waals surface area (Å²) in [5, 5.41) is 6.19. The highest BCUT2D eigenvalue weighted by Crippen LogP contribution is 2.19. The molecule has 0 radical (unpaired) electrons. The number of nitrogens with zero attached hydrogens (tertiary/aromatic N) is 4. The molecule has 3 rings (SSSR count). The summed E-state index contributed by atoms with van der Waals surface area (Å²) in [6, 6.07) is 1.84. The van der Waals surface area contributed by atoms with E-state index in [0.29, 0.717) is 5.65 Å². The molecule has 1 amide bonds. The molecule has 0 saturated carbocycles. The average Bonchev–Trinajstić information content (AvgIpc) is 3.13. The Morgan fingerprint density at radius 3 is 2.86 bits per heavy atom. The van der Waals surface area contributed by atoms with Crippen LogP contribution in [-0.4, -0.2) is 46.6 Å². The van der Waals surface area contributed by atoms with Crippen LogP contribution in [0.2, 0.25) is 0 Å². The van der Waals surface area contributed by atoms with Crippen molar-refractivity contribution in [3.8, 4) is 0 Å². The molecule has 1 fully saturated rings. The number of aromatic nitrogens is 3. The molecule has 8 heteroatoms. The van der Waals surface area contributed by atoms with E-state index in [1.165, 1.54) is 10.7 Å². The largest absolute Gasteiger partial charge is 0.357 e. The van der Waals surface area contributed by atoms with Gasteiger partial charge >= 0.3 is 0 Å². The van der Waals surface area contributed by atoms with Crippen LogP contribution in [-0.2, 0) is 0 Å². The Labute approximate surface area is 119 Å². The van der Waals surface area contributed by atoms with E-state index in [0.717, 1.165) is 31.7 Å². The van der Waals surface area contributed by atoms with E-state index < -0.39 is 18.9 Å². The number of amides is 1. The summed E-state index contributed by atoms with van der Waals surface area (Å²) in [5.41, 5.74) is 0.586. The van der Waals surface area contributed by atoms with Gasteiger partial charge in [-0.25, -0.2) is 18.3 Å². The van der Waals surface area contributed by atoms with Gasteiger partial charge in [0.1, 0.15) is 11.4 Å². The van der Waals surface area contributed by atoms with Gasteiger partial charge in [0, 0.05) is 19.3 Å². The number of carbonyl (C=O) groups excluding carboxylic acids is 1. The van der Waals surface area contributed by atoms with Gasteiger partial charge in [-0.15, -0.1) is 0 Å². The van der Waals surface area contributed by atoms with Gasteiger partial charge in [0.15, 0.2) is 5.65 Å². The lowest BCUT2D eigenvalue weighted by Crippen LogP contribution is -2.28. The van der Waals surface area contributed by atoms with Crippen LogP contribution >= 0.6 is 0 Å². The van der Waals surface area contributed by atoms with Crippen LogP contribution in [0.3, 0.4) is 0 Å². The van der Waals surface area contributed by atoms with E-state index in [1.54, 1.807) is 6.20 Å². The van der Waals surface area contributed by atoms with Crippen molar-refractivity contribution in [1.29, 1.82) is 0 Å². The van der Waals surface area contributed by atoms with Crippen molar-refractivity contribution < 1.29 is 13.6 Å². The quantitative estimate of drug-likeness (QED) is 0.924. The van der Waals surface area contributed by atoms with E-state index in [4.69, 9.17) is 0 Å². The summed E-state index contributed by atoms with van der Waals surface area (Å²) in [6.07, 6.45) is 2.72. The minimum absolute atomic E-state index is 0.205. The third kappa shape index (κ3) is 2.79. The molecule has 2 aromatic heterocycles. The highest BCUT2D eigenvalue weighted by molar-refractivity contribution is 5.99. The molecular weight excluding hydrogens is 280 g/mol. The van der Waals surface area contributed by atoms with Gasteiger partial charge in [-0.3, -0.25) is 4.79 Å². The lowest BCUT2D eigenvalue weighted by molar-refractivity contribution is 0.0893. The summed E-state index contributed by atoms with van der Waals surface area (Å²) in [4.78, 5) is 18.5. The Morgan fingerprint density at radius 2 is 2.14 bits per heavy atom. The molecule has 0 bridgehead atoms. The molecule has 1 saturated heterocycles. The number of halogens is 2. The molecule has 0 aliphatic carbocycles. The number of anilines is 1. The van der Waals surface area contributed by atoms with Gasteiger partial charge in [-0.05, 0) is 18.9 Å². The summed E-state index contributed by atoms with van der Waals surface area (Å²) in [7, 11) is 0. The number of nitrogens with one attached hydrogen (secondary N) is 1. The second kappa shape index (κ2) is 5.63. The molecule has 3 heterocycles. The third-order valence-electron chi connectivity index (χ3n) is 3.45. The highest BCUT2D eigenvalue weighted by Gasteiger charge is 2.18. The van der Waals surface area contributed by atoms with E-state index in [9.17, 15) is 13.6 Å². The molecule has 21 heavy (non-hydrogen) atoms. The standard InChI is InChI=1S/C13H15F2N5O/c14-10(15)8-16-13(21)9-7-17-20-6-3-11(18-12(9)20)19-4-1-2-5-19/h3,6-7,10H,1-2,4-5,8H2,(H,16,21). The second-order valence-electron chi connectivity index (χ2n) is 4.91. The van der Waals surface area contributed by atoms with Crippen molar-refractivity contribution in [1.82, 2.24) is 19.9 Å². The third-order valence-corrected chi connectivity index (χ3v) is 3.45. The average molecular weight is 295 g/mol. The zero-order valence-electron chi connectivity index (χ0n) is 11.3. The van der Waals surface area contributed by atoms with Crippen LogP contribution in [0.25, 0.3) is 5.65 Å². The number of alkyl halides is 2. The minimum atomic E-state index is -2.58.